The van der Waals surface area contributed by atoms with E-state index < -0.39 is 4.92 Å². The minimum Gasteiger partial charge on any atom is -0.258 e. The molecule has 0 heterocycles. The molecule has 2 aromatic rings. The van der Waals surface area contributed by atoms with Crippen LogP contribution in [0.25, 0.3) is 0 Å². The summed E-state index contributed by atoms with van der Waals surface area (Å²) in [6.07, 6.45) is 1.52. The van der Waals surface area contributed by atoms with E-state index in [-0.39, 0.29) is 5.69 Å². The van der Waals surface area contributed by atoms with Crippen LogP contribution in [-0.4, -0.2) is 11.1 Å². The van der Waals surface area contributed by atoms with Gasteiger partial charge in [-0.15, -0.1) is 0 Å². The van der Waals surface area contributed by atoms with Gasteiger partial charge in [-0.1, -0.05) is 35.3 Å². The van der Waals surface area contributed by atoms with Gasteiger partial charge in [0.1, 0.15) is 0 Å². The third-order valence-corrected chi connectivity index (χ3v) is 2.88. The minimum atomic E-state index is -0.452. The van der Waals surface area contributed by atoms with Gasteiger partial charge in [0.25, 0.3) is 5.69 Å². The van der Waals surface area contributed by atoms with Crippen molar-refractivity contribution in [3.63, 3.8) is 0 Å². The number of non-ortho nitro benzene ring substituents is 1. The Balaban J connectivity index is 2.27. The topological polar surface area (TPSA) is 55.5 Å². The molecule has 0 N–H and O–H groups in total. The van der Waals surface area contributed by atoms with Gasteiger partial charge in [-0.3, -0.25) is 15.1 Å². The molecule has 0 aliphatic heterocycles. The minimum absolute atomic E-state index is 0.0196. The lowest BCUT2D eigenvalue weighted by atomic mass is 10.2. The lowest BCUT2D eigenvalue weighted by Gasteiger charge is -1.98. The van der Waals surface area contributed by atoms with E-state index in [1.807, 2.05) is 0 Å². The largest absolute Gasteiger partial charge is 0.270 e. The highest BCUT2D eigenvalue weighted by Crippen LogP contribution is 2.27. The first-order valence-electron chi connectivity index (χ1n) is 5.30. The van der Waals surface area contributed by atoms with Gasteiger partial charge < -0.3 is 0 Å². The number of hydrogen-bond acceptors (Lipinski definition) is 3. The van der Waals surface area contributed by atoms with Gasteiger partial charge in [-0.25, -0.2) is 0 Å². The van der Waals surface area contributed by atoms with Crippen molar-refractivity contribution in [3.8, 4) is 0 Å². The normalized spacial score (nSPS) is 10.8. The Morgan fingerprint density at radius 3 is 2.63 bits per heavy atom. The lowest BCUT2D eigenvalue weighted by molar-refractivity contribution is -0.384. The maximum atomic E-state index is 10.6. The summed E-state index contributed by atoms with van der Waals surface area (Å²) in [6.45, 7) is 0. The van der Waals surface area contributed by atoms with Crippen LogP contribution in [0.3, 0.4) is 0 Å². The molecule has 0 fully saturated rings. The molecule has 0 amide bonds. The molecule has 0 radical (unpaired) electrons. The molecule has 0 bridgehead atoms. The molecule has 0 saturated carbocycles. The Hall–Kier alpha value is -1.91. The molecule has 0 spiro atoms. The second kappa shape index (κ2) is 5.82. The molecule has 0 atom stereocenters. The predicted molar refractivity (Wildman–Crippen MR) is 76.8 cm³/mol. The average Bonchev–Trinajstić information content (AvgIpc) is 2.38. The number of halogens is 2. The van der Waals surface area contributed by atoms with Gasteiger partial charge in [0.05, 0.1) is 15.6 Å². The lowest BCUT2D eigenvalue weighted by Crippen LogP contribution is -1.89. The monoisotopic (exact) mass is 294 g/mol. The summed E-state index contributed by atoms with van der Waals surface area (Å²) in [4.78, 5) is 14.4. The van der Waals surface area contributed by atoms with Crippen molar-refractivity contribution in [2.45, 2.75) is 0 Å². The Bertz CT molecular complexity index is 657. The standard InChI is InChI=1S/C13H8Cl2N2O2/c14-10-4-5-13(12(15)7-10)16-8-9-2-1-3-11(6-9)17(18)19/h1-8H. The number of hydrogen-bond donors (Lipinski definition) is 0. The number of rotatable bonds is 3. The van der Waals surface area contributed by atoms with Gasteiger partial charge in [0.15, 0.2) is 0 Å². The SMILES string of the molecule is O=[N+]([O-])c1cccc(C=Nc2ccc(Cl)cc2Cl)c1. The highest BCUT2D eigenvalue weighted by molar-refractivity contribution is 6.36. The van der Waals surface area contributed by atoms with E-state index >= 15 is 0 Å². The molecule has 0 aliphatic rings. The van der Waals surface area contributed by atoms with Crippen LogP contribution in [0, 0.1) is 10.1 Å². The molecular formula is C13H8Cl2N2O2. The maximum absolute atomic E-state index is 10.6. The number of nitrogens with zero attached hydrogens (tertiary/aromatic N) is 2. The molecule has 0 unspecified atom stereocenters. The zero-order valence-electron chi connectivity index (χ0n) is 9.59. The van der Waals surface area contributed by atoms with Crippen LogP contribution in [0.4, 0.5) is 11.4 Å². The van der Waals surface area contributed by atoms with Crippen molar-refractivity contribution in [1.29, 1.82) is 0 Å². The Kier molecular flexibility index (Phi) is 4.14. The van der Waals surface area contributed by atoms with E-state index in [9.17, 15) is 10.1 Å². The Morgan fingerprint density at radius 2 is 1.95 bits per heavy atom. The number of nitro benzene ring substituents is 1. The quantitative estimate of drug-likeness (QED) is 0.470. The summed E-state index contributed by atoms with van der Waals surface area (Å²) in [5.74, 6) is 0. The molecule has 4 nitrogen and oxygen atoms in total. The smallest absolute Gasteiger partial charge is 0.258 e. The highest BCUT2D eigenvalue weighted by atomic mass is 35.5. The second-order valence-corrected chi connectivity index (χ2v) is 4.55. The first kappa shape index (κ1) is 13.5. The van der Waals surface area contributed by atoms with Crippen molar-refractivity contribution in [2.24, 2.45) is 4.99 Å². The van der Waals surface area contributed by atoms with Crippen molar-refractivity contribution in [2.75, 3.05) is 0 Å². The Labute approximate surface area is 119 Å². The van der Waals surface area contributed by atoms with Gasteiger partial charge in [0.2, 0.25) is 0 Å². The fraction of sp³-hybridized carbons (Fsp3) is 0. The van der Waals surface area contributed by atoms with Gasteiger partial charge in [0, 0.05) is 23.4 Å². The first-order chi connectivity index (χ1) is 9.06. The van der Waals surface area contributed by atoms with E-state index in [4.69, 9.17) is 23.2 Å². The fourth-order valence-electron chi connectivity index (χ4n) is 1.45. The average molecular weight is 295 g/mol. The molecule has 96 valence electrons. The van der Waals surface area contributed by atoms with Crippen LogP contribution in [0.2, 0.25) is 10.0 Å². The molecule has 6 heteroatoms. The number of aliphatic imine (C=N–C) groups is 1. The Morgan fingerprint density at radius 1 is 1.16 bits per heavy atom. The van der Waals surface area contributed by atoms with E-state index in [0.717, 1.165) is 0 Å². The molecule has 2 aromatic carbocycles. The second-order valence-electron chi connectivity index (χ2n) is 3.71. The summed E-state index contributed by atoms with van der Waals surface area (Å²) in [5.41, 5.74) is 1.20. The molecule has 0 saturated heterocycles. The van der Waals surface area contributed by atoms with Gasteiger partial charge >= 0.3 is 0 Å². The van der Waals surface area contributed by atoms with E-state index in [1.54, 1.807) is 30.3 Å². The molecule has 19 heavy (non-hydrogen) atoms. The molecule has 0 aliphatic carbocycles. The van der Waals surface area contributed by atoms with Crippen LogP contribution >= 0.6 is 23.2 Å². The zero-order chi connectivity index (χ0) is 13.8. The van der Waals surface area contributed by atoms with E-state index in [0.29, 0.717) is 21.3 Å². The summed E-state index contributed by atoms with van der Waals surface area (Å²) in [5, 5.41) is 11.6. The van der Waals surface area contributed by atoms with Crippen LogP contribution in [-0.2, 0) is 0 Å². The van der Waals surface area contributed by atoms with E-state index in [1.165, 1.54) is 18.3 Å². The van der Waals surface area contributed by atoms with Gasteiger partial charge in [-0.05, 0) is 23.8 Å². The van der Waals surface area contributed by atoms with E-state index in [2.05, 4.69) is 4.99 Å². The van der Waals surface area contributed by atoms with Crippen molar-refractivity contribution in [1.82, 2.24) is 0 Å². The van der Waals surface area contributed by atoms with Crippen LogP contribution in [0.15, 0.2) is 47.5 Å². The van der Waals surface area contributed by atoms with Crippen LogP contribution < -0.4 is 0 Å². The van der Waals surface area contributed by atoms with Crippen LogP contribution in [0.1, 0.15) is 5.56 Å². The predicted octanol–water partition coefficient (Wildman–Crippen LogP) is 4.65. The highest BCUT2D eigenvalue weighted by Gasteiger charge is 2.04. The maximum Gasteiger partial charge on any atom is 0.270 e. The fourth-order valence-corrected chi connectivity index (χ4v) is 1.91. The zero-order valence-corrected chi connectivity index (χ0v) is 11.1. The van der Waals surface area contributed by atoms with Gasteiger partial charge in [-0.2, -0.15) is 0 Å². The number of benzene rings is 2. The first-order valence-corrected chi connectivity index (χ1v) is 6.05. The van der Waals surface area contributed by atoms with Crippen molar-refractivity contribution in [3.05, 3.63) is 68.2 Å². The van der Waals surface area contributed by atoms with Crippen LogP contribution in [0.5, 0.6) is 0 Å². The third kappa shape index (κ3) is 3.53. The molecular weight excluding hydrogens is 287 g/mol. The number of nitro groups is 1. The summed E-state index contributed by atoms with van der Waals surface area (Å²) in [7, 11) is 0. The van der Waals surface area contributed by atoms with Crippen molar-refractivity contribution >= 4 is 40.8 Å². The third-order valence-electron chi connectivity index (χ3n) is 2.34. The summed E-state index contributed by atoms with van der Waals surface area (Å²) < 4.78 is 0. The molecule has 2 rings (SSSR count). The summed E-state index contributed by atoms with van der Waals surface area (Å²) in [6, 6.07) is 11.1. The summed E-state index contributed by atoms with van der Waals surface area (Å²) >= 11 is 11.7. The molecule has 0 aromatic heterocycles. The van der Waals surface area contributed by atoms with Crippen molar-refractivity contribution < 1.29 is 4.92 Å².